The van der Waals surface area contributed by atoms with Gasteiger partial charge >= 0.3 is 6.61 Å². The first-order valence-electron chi connectivity index (χ1n) is 10.3. The fraction of sp³-hybridized carbons (Fsp3) is 0.348. The number of hydrogen-bond donors (Lipinski definition) is 3. The average molecular weight is 430 g/mol. The monoisotopic (exact) mass is 430 g/mol. The van der Waals surface area contributed by atoms with Gasteiger partial charge in [0.1, 0.15) is 5.75 Å². The summed E-state index contributed by atoms with van der Waals surface area (Å²) in [7, 11) is 0. The molecule has 0 saturated heterocycles. The number of benzene rings is 2. The van der Waals surface area contributed by atoms with E-state index in [1.165, 1.54) is 17.8 Å². The van der Waals surface area contributed by atoms with E-state index in [0.29, 0.717) is 24.6 Å². The second kappa shape index (κ2) is 11.3. The van der Waals surface area contributed by atoms with Crippen molar-refractivity contribution in [2.45, 2.75) is 26.2 Å². The van der Waals surface area contributed by atoms with Gasteiger partial charge in [0.25, 0.3) is 0 Å². The van der Waals surface area contributed by atoms with E-state index in [0.717, 1.165) is 18.7 Å². The van der Waals surface area contributed by atoms with E-state index in [-0.39, 0.29) is 12.3 Å². The molecule has 1 atom stereocenters. The van der Waals surface area contributed by atoms with Crippen LogP contribution in [0.25, 0.3) is 0 Å². The number of aliphatic hydroxyl groups is 1. The molecule has 2 aromatic carbocycles. The predicted molar refractivity (Wildman–Crippen MR) is 119 cm³/mol. The van der Waals surface area contributed by atoms with Gasteiger partial charge in [-0.15, -0.1) is 0 Å². The predicted octanol–water partition coefficient (Wildman–Crippen LogP) is 3.45. The van der Waals surface area contributed by atoms with Gasteiger partial charge in [0.2, 0.25) is 0 Å². The molecule has 1 aliphatic rings. The van der Waals surface area contributed by atoms with Crippen molar-refractivity contribution < 1.29 is 18.6 Å². The Kier molecular flexibility index (Phi) is 8.23. The lowest BCUT2D eigenvalue weighted by molar-refractivity contribution is -0.0498. The minimum absolute atomic E-state index is 0.0563. The lowest BCUT2D eigenvalue weighted by Gasteiger charge is -2.18. The molecule has 0 aliphatic carbocycles. The number of ether oxygens (including phenoxy) is 1. The van der Waals surface area contributed by atoms with E-state index in [1.807, 2.05) is 6.92 Å². The van der Waals surface area contributed by atoms with Gasteiger partial charge in [0.05, 0.1) is 12.6 Å². The van der Waals surface area contributed by atoms with Crippen molar-refractivity contribution in [2.75, 3.05) is 31.1 Å². The highest BCUT2D eigenvalue weighted by Crippen LogP contribution is 2.19. The van der Waals surface area contributed by atoms with E-state index in [1.54, 1.807) is 12.1 Å². The zero-order chi connectivity index (χ0) is 22.1. The molecule has 3 N–H and O–H groups in total. The SMILES string of the molecule is CCNC(=NCc1ccc(N2CC=CC2)cc1)NCC(O)c1ccc(OC(F)F)cc1. The third kappa shape index (κ3) is 6.96. The summed E-state index contributed by atoms with van der Waals surface area (Å²) in [4.78, 5) is 6.86. The van der Waals surface area contributed by atoms with Gasteiger partial charge < -0.3 is 25.4 Å². The second-order valence-corrected chi connectivity index (χ2v) is 7.08. The number of guanidine groups is 1. The molecule has 3 rings (SSSR count). The number of nitrogens with one attached hydrogen (secondary N) is 2. The molecule has 0 amide bonds. The molecule has 166 valence electrons. The highest BCUT2D eigenvalue weighted by molar-refractivity contribution is 5.79. The maximum absolute atomic E-state index is 12.2. The molecule has 0 fully saturated rings. The Morgan fingerprint density at radius 2 is 1.74 bits per heavy atom. The zero-order valence-electron chi connectivity index (χ0n) is 17.5. The average Bonchev–Trinajstić information content (AvgIpc) is 3.31. The van der Waals surface area contributed by atoms with Crippen molar-refractivity contribution in [3.63, 3.8) is 0 Å². The fourth-order valence-corrected chi connectivity index (χ4v) is 3.20. The lowest BCUT2D eigenvalue weighted by atomic mass is 10.1. The Bertz CT molecular complexity index is 862. The second-order valence-electron chi connectivity index (χ2n) is 7.08. The van der Waals surface area contributed by atoms with Crippen LogP contribution >= 0.6 is 0 Å². The molecule has 2 aromatic rings. The molecule has 0 aromatic heterocycles. The van der Waals surface area contributed by atoms with Crippen molar-refractivity contribution in [3.05, 3.63) is 71.8 Å². The minimum atomic E-state index is -2.87. The smallest absolute Gasteiger partial charge is 0.387 e. The summed E-state index contributed by atoms with van der Waals surface area (Å²) in [6, 6.07) is 14.3. The summed E-state index contributed by atoms with van der Waals surface area (Å²) >= 11 is 0. The van der Waals surface area contributed by atoms with Crippen molar-refractivity contribution in [3.8, 4) is 5.75 Å². The van der Waals surface area contributed by atoms with E-state index in [9.17, 15) is 13.9 Å². The summed E-state index contributed by atoms with van der Waals surface area (Å²) in [6.07, 6.45) is 3.50. The van der Waals surface area contributed by atoms with Gasteiger partial charge in [0, 0.05) is 31.9 Å². The number of aliphatic hydroxyl groups excluding tert-OH is 1. The Balaban J connectivity index is 1.53. The third-order valence-electron chi connectivity index (χ3n) is 4.84. The van der Waals surface area contributed by atoms with Crippen LogP contribution in [0.3, 0.4) is 0 Å². The molecule has 0 bridgehead atoms. The Hall–Kier alpha value is -3.13. The standard InChI is InChI=1S/C23H28F2N4O2/c1-2-26-23(27-15-17-5-9-19(10-6-17)29-13-3-4-14-29)28-16-21(30)18-7-11-20(12-8-18)31-22(24)25/h3-12,21-22,30H,2,13-16H2,1H3,(H2,26,27,28). The molecule has 0 saturated carbocycles. The number of anilines is 1. The van der Waals surface area contributed by atoms with Crippen LogP contribution in [0.4, 0.5) is 14.5 Å². The molecule has 1 heterocycles. The number of halogens is 2. The Morgan fingerprint density at radius 3 is 2.35 bits per heavy atom. The normalized spacial score (nSPS) is 14.7. The molecule has 1 aliphatic heterocycles. The fourth-order valence-electron chi connectivity index (χ4n) is 3.20. The van der Waals surface area contributed by atoms with Gasteiger partial charge in [-0.1, -0.05) is 36.4 Å². The Labute approximate surface area is 181 Å². The number of alkyl halides is 2. The van der Waals surface area contributed by atoms with Crippen molar-refractivity contribution in [1.29, 1.82) is 0 Å². The molecule has 0 spiro atoms. The maximum atomic E-state index is 12.2. The van der Waals surface area contributed by atoms with Gasteiger partial charge in [0.15, 0.2) is 5.96 Å². The molecule has 6 nitrogen and oxygen atoms in total. The van der Waals surface area contributed by atoms with E-state index in [4.69, 9.17) is 0 Å². The van der Waals surface area contributed by atoms with Gasteiger partial charge in [-0.05, 0) is 42.3 Å². The maximum Gasteiger partial charge on any atom is 0.387 e. The van der Waals surface area contributed by atoms with Gasteiger partial charge in [-0.3, -0.25) is 0 Å². The Morgan fingerprint density at radius 1 is 1.06 bits per heavy atom. The number of nitrogens with zero attached hydrogens (tertiary/aromatic N) is 2. The van der Waals surface area contributed by atoms with E-state index >= 15 is 0 Å². The molecular formula is C23H28F2N4O2. The van der Waals surface area contributed by atoms with Crippen LogP contribution in [0.5, 0.6) is 5.75 Å². The van der Waals surface area contributed by atoms with Crippen LogP contribution in [-0.2, 0) is 6.54 Å². The number of aliphatic imine (C=N–C) groups is 1. The largest absolute Gasteiger partial charge is 0.435 e. The van der Waals surface area contributed by atoms with Crippen molar-refractivity contribution in [2.24, 2.45) is 4.99 Å². The molecule has 8 heteroatoms. The van der Waals surface area contributed by atoms with E-state index < -0.39 is 12.7 Å². The number of rotatable bonds is 9. The summed E-state index contributed by atoms with van der Waals surface area (Å²) in [5.41, 5.74) is 2.87. The minimum Gasteiger partial charge on any atom is -0.435 e. The van der Waals surface area contributed by atoms with E-state index in [2.05, 4.69) is 61.7 Å². The van der Waals surface area contributed by atoms with Gasteiger partial charge in [-0.25, -0.2) is 4.99 Å². The summed E-state index contributed by atoms with van der Waals surface area (Å²) < 4.78 is 28.8. The highest BCUT2D eigenvalue weighted by Gasteiger charge is 2.11. The van der Waals surface area contributed by atoms with Crippen LogP contribution in [0.2, 0.25) is 0 Å². The lowest BCUT2D eigenvalue weighted by Crippen LogP contribution is -2.39. The molecule has 31 heavy (non-hydrogen) atoms. The molecular weight excluding hydrogens is 402 g/mol. The summed E-state index contributed by atoms with van der Waals surface area (Å²) in [5.74, 6) is 0.646. The summed E-state index contributed by atoms with van der Waals surface area (Å²) in [6.45, 7) is 2.39. The van der Waals surface area contributed by atoms with Crippen LogP contribution in [0.1, 0.15) is 24.2 Å². The van der Waals surface area contributed by atoms with Gasteiger partial charge in [-0.2, -0.15) is 8.78 Å². The molecule has 0 radical (unpaired) electrons. The first-order chi connectivity index (χ1) is 15.0. The quantitative estimate of drug-likeness (QED) is 0.323. The topological polar surface area (TPSA) is 69.1 Å². The van der Waals surface area contributed by atoms with Crippen LogP contribution < -0.4 is 20.3 Å². The van der Waals surface area contributed by atoms with Crippen molar-refractivity contribution in [1.82, 2.24) is 10.6 Å². The van der Waals surface area contributed by atoms with Crippen LogP contribution in [0.15, 0.2) is 65.7 Å². The first-order valence-corrected chi connectivity index (χ1v) is 10.3. The number of hydrogen-bond acceptors (Lipinski definition) is 4. The summed E-state index contributed by atoms with van der Waals surface area (Å²) in [5, 5.41) is 16.7. The van der Waals surface area contributed by atoms with Crippen LogP contribution in [0, 0.1) is 0 Å². The van der Waals surface area contributed by atoms with Crippen LogP contribution in [-0.4, -0.2) is 43.9 Å². The highest BCUT2D eigenvalue weighted by atomic mass is 19.3. The third-order valence-corrected chi connectivity index (χ3v) is 4.84. The zero-order valence-corrected chi connectivity index (χ0v) is 17.5. The van der Waals surface area contributed by atoms with Crippen molar-refractivity contribution >= 4 is 11.6 Å². The first kappa shape index (κ1) is 22.6. The molecule has 1 unspecified atom stereocenters.